The lowest BCUT2D eigenvalue weighted by atomic mass is 9.80. The predicted molar refractivity (Wildman–Crippen MR) is 67.4 cm³/mol. The zero-order chi connectivity index (χ0) is 12.3. The zero-order valence-corrected chi connectivity index (χ0v) is 10.4. The van der Waals surface area contributed by atoms with E-state index in [4.69, 9.17) is 10.5 Å². The van der Waals surface area contributed by atoms with Crippen molar-refractivity contribution in [2.45, 2.75) is 31.9 Å². The number of rotatable bonds is 3. The van der Waals surface area contributed by atoms with Gasteiger partial charge in [-0.25, -0.2) is 0 Å². The molecule has 1 saturated heterocycles. The van der Waals surface area contributed by atoms with Gasteiger partial charge >= 0.3 is 0 Å². The van der Waals surface area contributed by atoms with Crippen LogP contribution in [0, 0.1) is 5.92 Å². The Morgan fingerprint density at radius 3 is 2.65 bits per heavy atom. The van der Waals surface area contributed by atoms with E-state index in [9.17, 15) is 5.11 Å². The number of nitrogens with two attached hydrogens (primary N) is 1. The molecule has 2 atom stereocenters. The Bertz CT molecular complexity index is 353. The molecule has 0 bridgehead atoms. The first kappa shape index (κ1) is 12.6. The van der Waals surface area contributed by atoms with Crippen LogP contribution < -0.4 is 5.73 Å². The summed E-state index contributed by atoms with van der Waals surface area (Å²) in [7, 11) is 0. The molecular formula is C14H21NO2. The second kappa shape index (κ2) is 5.17. The Labute approximate surface area is 103 Å². The summed E-state index contributed by atoms with van der Waals surface area (Å²) in [4.78, 5) is 0. The fourth-order valence-electron chi connectivity index (χ4n) is 2.40. The lowest BCUT2D eigenvalue weighted by Crippen LogP contribution is -2.37. The third-order valence-corrected chi connectivity index (χ3v) is 3.73. The van der Waals surface area contributed by atoms with Crippen LogP contribution in [0.25, 0.3) is 0 Å². The highest BCUT2D eigenvalue weighted by Gasteiger charge is 2.34. The van der Waals surface area contributed by atoms with Crippen molar-refractivity contribution in [2.24, 2.45) is 11.7 Å². The molecule has 1 fully saturated rings. The number of benzene rings is 1. The van der Waals surface area contributed by atoms with Crippen LogP contribution in [0.5, 0.6) is 0 Å². The summed E-state index contributed by atoms with van der Waals surface area (Å²) < 4.78 is 5.45. The van der Waals surface area contributed by atoms with E-state index < -0.39 is 5.60 Å². The van der Waals surface area contributed by atoms with Gasteiger partial charge in [0.2, 0.25) is 0 Å². The minimum atomic E-state index is -0.812. The smallest absolute Gasteiger partial charge is 0.0918 e. The first-order valence-corrected chi connectivity index (χ1v) is 6.24. The fourth-order valence-corrected chi connectivity index (χ4v) is 2.40. The summed E-state index contributed by atoms with van der Waals surface area (Å²) in [5, 5.41) is 10.7. The average molecular weight is 235 g/mol. The Hall–Kier alpha value is -0.900. The normalized spacial score (nSPS) is 24.3. The van der Waals surface area contributed by atoms with Gasteiger partial charge in [0.05, 0.1) is 12.2 Å². The van der Waals surface area contributed by atoms with Crippen LogP contribution >= 0.6 is 0 Å². The van der Waals surface area contributed by atoms with Crippen LogP contribution in [0.2, 0.25) is 0 Å². The van der Waals surface area contributed by atoms with Crippen LogP contribution in [0.3, 0.4) is 0 Å². The van der Waals surface area contributed by atoms with E-state index in [0.717, 1.165) is 30.6 Å². The van der Waals surface area contributed by atoms with Crippen LogP contribution in [0.4, 0.5) is 0 Å². The largest absolute Gasteiger partial charge is 0.385 e. The monoisotopic (exact) mass is 235 g/mol. The molecule has 0 aliphatic carbocycles. The molecule has 0 radical (unpaired) electrons. The lowest BCUT2D eigenvalue weighted by molar-refractivity contribution is -0.0723. The van der Waals surface area contributed by atoms with E-state index in [0.29, 0.717) is 13.2 Å². The van der Waals surface area contributed by atoms with Gasteiger partial charge in [0.1, 0.15) is 0 Å². The van der Waals surface area contributed by atoms with E-state index in [2.05, 4.69) is 0 Å². The number of hydrogen-bond acceptors (Lipinski definition) is 3. The SMILES string of the molecule is CC(O)(c1ccc(CN)cc1)C1CCCOC1. The van der Waals surface area contributed by atoms with E-state index in [1.165, 1.54) is 0 Å². The standard InChI is InChI=1S/C14H21NO2/c1-14(16,13-3-2-8-17-10-13)12-6-4-11(9-15)5-7-12/h4-7,13,16H,2-3,8-10,15H2,1H3. The molecule has 2 unspecified atom stereocenters. The van der Waals surface area contributed by atoms with Gasteiger partial charge in [-0.05, 0) is 30.9 Å². The molecule has 1 heterocycles. The van der Waals surface area contributed by atoms with Crippen LogP contribution in [0.15, 0.2) is 24.3 Å². The molecule has 1 aromatic carbocycles. The first-order valence-electron chi connectivity index (χ1n) is 6.24. The topological polar surface area (TPSA) is 55.5 Å². The highest BCUT2D eigenvalue weighted by molar-refractivity contribution is 5.27. The molecule has 1 aliphatic heterocycles. The molecular weight excluding hydrogens is 214 g/mol. The highest BCUT2D eigenvalue weighted by Crippen LogP contribution is 2.34. The van der Waals surface area contributed by atoms with Gasteiger partial charge < -0.3 is 15.6 Å². The van der Waals surface area contributed by atoms with E-state index >= 15 is 0 Å². The lowest BCUT2D eigenvalue weighted by Gasteiger charge is -2.35. The third kappa shape index (κ3) is 2.68. The summed E-state index contributed by atoms with van der Waals surface area (Å²) in [5.74, 6) is 0.181. The van der Waals surface area contributed by atoms with Crippen molar-refractivity contribution in [2.75, 3.05) is 13.2 Å². The maximum atomic E-state index is 10.7. The summed E-state index contributed by atoms with van der Waals surface area (Å²) >= 11 is 0. The number of hydrogen-bond donors (Lipinski definition) is 2. The minimum Gasteiger partial charge on any atom is -0.385 e. The fraction of sp³-hybridized carbons (Fsp3) is 0.571. The van der Waals surface area contributed by atoms with Crippen molar-refractivity contribution >= 4 is 0 Å². The molecule has 3 nitrogen and oxygen atoms in total. The van der Waals surface area contributed by atoms with Crippen LogP contribution in [-0.4, -0.2) is 18.3 Å². The molecule has 2 rings (SSSR count). The molecule has 0 aromatic heterocycles. The molecule has 17 heavy (non-hydrogen) atoms. The maximum Gasteiger partial charge on any atom is 0.0918 e. The minimum absolute atomic E-state index is 0.181. The Morgan fingerprint density at radius 2 is 2.12 bits per heavy atom. The predicted octanol–water partition coefficient (Wildman–Crippen LogP) is 1.78. The van der Waals surface area contributed by atoms with Crippen LogP contribution in [-0.2, 0) is 16.9 Å². The second-order valence-corrected chi connectivity index (χ2v) is 4.96. The molecule has 94 valence electrons. The summed E-state index contributed by atoms with van der Waals surface area (Å²) in [6, 6.07) is 7.90. The molecule has 1 aromatic rings. The van der Waals surface area contributed by atoms with E-state index in [1.54, 1.807) is 0 Å². The molecule has 0 saturated carbocycles. The van der Waals surface area contributed by atoms with Crippen molar-refractivity contribution in [1.29, 1.82) is 0 Å². The van der Waals surface area contributed by atoms with Gasteiger partial charge in [0.15, 0.2) is 0 Å². The summed E-state index contributed by atoms with van der Waals surface area (Å²) in [6.45, 7) is 3.88. The average Bonchev–Trinajstić information content (AvgIpc) is 2.40. The van der Waals surface area contributed by atoms with Gasteiger partial charge in [-0.2, -0.15) is 0 Å². The van der Waals surface area contributed by atoms with Crippen molar-refractivity contribution < 1.29 is 9.84 Å². The van der Waals surface area contributed by atoms with E-state index in [-0.39, 0.29) is 5.92 Å². The van der Waals surface area contributed by atoms with Gasteiger partial charge in [-0.3, -0.25) is 0 Å². The molecule has 0 spiro atoms. The molecule has 3 heteroatoms. The van der Waals surface area contributed by atoms with E-state index in [1.807, 2.05) is 31.2 Å². The quantitative estimate of drug-likeness (QED) is 0.839. The van der Waals surface area contributed by atoms with Gasteiger partial charge in [0, 0.05) is 19.1 Å². The molecule has 0 amide bonds. The van der Waals surface area contributed by atoms with Crippen LogP contribution in [0.1, 0.15) is 30.9 Å². The highest BCUT2D eigenvalue weighted by atomic mass is 16.5. The van der Waals surface area contributed by atoms with Gasteiger partial charge in [-0.15, -0.1) is 0 Å². The van der Waals surface area contributed by atoms with Gasteiger partial charge in [-0.1, -0.05) is 24.3 Å². The van der Waals surface area contributed by atoms with Crippen molar-refractivity contribution in [3.05, 3.63) is 35.4 Å². The molecule has 3 N–H and O–H groups in total. The Kier molecular flexibility index (Phi) is 3.82. The number of ether oxygens (including phenoxy) is 1. The van der Waals surface area contributed by atoms with Gasteiger partial charge in [0.25, 0.3) is 0 Å². The third-order valence-electron chi connectivity index (χ3n) is 3.73. The molecule has 1 aliphatic rings. The Balaban J connectivity index is 2.17. The number of aliphatic hydroxyl groups is 1. The van der Waals surface area contributed by atoms with Crippen molar-refractivity contribution in [1.82, 2.24) is 0 Å². The Morgan fingerprint density at radius 1 is 1.41 bits per heavy atom. The second-order valence-electron chi connectivity index (χ2n) is 4.96. The van der Waals surface area contributed by atoms with Crippen molar-refractivity contribution in [3.63, 3.8) is 0 Å². The summed E-state index contributed by atoms with van der Waals surface area (Å²) in [5.41, 5.74) is 6.79. The van der Waals surface area contributed by atoms with Crippen molar-refractivity contribution in [3.8, 4) is 0 Å². The zero-order valence-electron chi connectivity index (χ0n) is 10.4. The first-order chi connectivity index (χ1) is 8.14. The maximum absolute atomic E-state index is 10.7. The summed E-state index contributed by atoms with van der Waals surface area (Å²) in [6.07, 6.45) is 2.05.